The van der Waals surface area contributed by atoms with Gasteiger partial charge in [-0.2, -0.15) is 0 Å². The highest BCUT2D eigenvalue weighted by Crippen LogP contribution is 2.19. The van der Waals surface area contributed by atoms with Gasteiger partial charge in [-0.05, 0) is 54.3 Å². The van der Waals surface area contributed by atoms with Crippen molar-refractivity contribution in [3.05, 3.63) is 77.4 Å². The molecule has 0 aliphatic carbocycles. The molecule has 0 heterocycles. The van der Waals surface area contributed by atoms with Crippen molar-refractivity contribution < 1.29 is 8.42 Å². The molecule has 3 aromatic carbocycles. The summed E-state index contributed by atoms with van der Waals surface area (Å²) >= 11 is 0. The summed E-state index contributed by atoms with van der Waals surface area (Å²) in [5, 5.41) is 1.96. The fraction of sp³-hybridized carbons (Fsp3) is 0.200. The Balaban J connectivity index is 1.73. The van der Waals surface area contributed by atoms with Crippen molar-refractivity contribution in [2.24, 2.45) is 0 Å². The van der Waals surface area contributed by atoms with E-state index in [-0.39, 0.29) is 0 Å². The largest absolute Gasteiger partial charge is 0.240 e. The third-order valence-electron chi connectivity index (χ3n) is 4.22. The lowest BCUT2D eigenvalue weighted by Gasteiger charge is -2.10. The van der Waals surface area contributed by atoms with E-state index in [4.69, 9.17) is 0 Å². The molecule has 0 aliphatic heterocycles. The summed E-state index contributed by atoms with van der Waals surface area (Å²) in [4.78, 5) is 0.307. The number of hydrogen-bond donors (Lipinski definition) is 1. The summed E-state index contributed by atoms with van der Waals surface area (Å²) in [6.07, 6.45) is 0.679. The van der Waals surface area contributed by atoms with Gasteiger partial charge in [-0.25, -0.2) is 13.1 Å². The third kappa shape index (κ3) is 3.66. The molecule has 24 heavy (non-hydrogen) atoms. The summed E-state index contributed by atoms with van der Waals surface area (Å²) in [6.45, 7) is 4.50. The van der Waals surface area contributed by atoms with E-state index in [1.165, 1.54) is 16.7 Å². The average Bonchev–Trinajstić information content (AvgIpc) is 2.56. The Morgan fingerprint density at radius 3 is 2.38 bits per heavy atom. The number of fused-ring (bicyclic) bond motifs is 1. The van der Waals surface area contributed by atoms with Crippen molar-refractivity contribution in [3.63, 3.8) is 0 Å². The second-order valence-electron chi connectivity index (χ2n) is 6.09. The van der Waals surface area contributed by atoms with Crippen molar-refractivity contribution in [2.75, 3.05) is 6.54 Å². The number of benzene rings is 3. The standard InChI is InChI=1S/C20H21NO2S/c1-15-7-8-17(16(2)13-15)11-12-21-24(22,23)20-10-9-18-5-3-4-6-19(18)14-20/h3-10,13-14,21H,11-12H2,1-2H3. The van der Waals surface area contributed by atoms with E-state index in [1.807, 2.05) is 30.3 Å². The summed E-state index contributed by atoms with van der Waals surface area (Å²) in [5.41, 5.74) is 3.58. The normalized spacial score (nSPS) is 11.8. The summed E-state index contributed by atoms with van der Waals surface area (Å²) < 4.78 is 27.7. The Bertz CT molecular complexity index is 978. The van der Waals surface area contributed by atoms with E-state index in [2.05, 4.69) is 36.8 Å². The zero-order valence-electron chi connectivity index (χ0n) is 13.9. The lowest BCUT2D eigenvalue weighted by atomic mass is 10.0. The molecule has 0 saturated heterocycles. The predicted octanol–water partition coefficient (Wildman–Crippen LogP) is 3.98. The lowest BCUT2D eigenvalue weighted by molar-refractivity contribution is 0.581. The van der Waals surface area contributed by atoms with E-state index < -0.39 is 10.0 Å². The Morgan fingerprint density at radius 2 is 1.62 bits per heavy atom. The van der Waals surface area contributed by atoms with E-state index in [0.717, 1.165) is 10.8 Å². The van der Waals surface area contributed by atoms with Crippen LogP contribution >= 0.6 is 0 Å². The van der Waals surface area contributed by atoms with Crippen molar-refractivity contribution in [2.45, 2.75) is 25.2 Å². The van der Waals surface area contributed by atoms with Crippen LogP contribution in [0.2, 0.25) is 0 Å². The molecule has 0 aromatic heterocycles. The van der Waals surface area contributed by atoms with Crippen LogP contribution in [-0.2, 0) is 16.4 Å². The van der Waals surface area contributed by atoms with Crippen LogP contribution in [0.25, 0.3) is 10.8 Å². The zero-order valence-corrected chi connectivity index (χ0v) is 14.7. The maximum Gasteiger partial charge on any atom is 0.240 e. The van der Waals surface area contributed by atoms with Gasteiger partial charge in [-0.15, -0.1) is 0 Å². The Hall–Kier alpha value is -2.17. The van der Waals surface area contributed by atoms with Crippen LogP contribution in [-0.4, -0.2) is 15.0 Å². The van der Waals surface area contributed by atoms with Crippen molar-refractivity contribution in [3.8, 4) is 0 Å². The van der Waals surface area contributed by atoms with Gasteiger partial charge in [0, 0.05) is 6.54 Å². The van der Waals surface area contributed by atoms with Gasteiger partial charge in [0.25, 0.3) is 0 Å². The molecule has 3 aromatic rings. The second kappa shape index (κ2) is 6.75. The molecular weight excluding hydrogens is 318 g/mol. The zero-order chi connectivity index (χ0) is 17.2. The van der Waals surface area contributed by atoms with Crippen LogP contribution < -0.4 is 4.72 Å². The molecule has 0 radical (unpaired) electrons. The Morgan fingerprint density at radius 1 is 0.875 bits per heavy atom. The van der Waals surface area contributed by atoms with Gasteiger partial charge >= 0.3 is 0 Å². The monoisotopic (exact) mass is 339 g/mol. The highest BCUT2D eigenvalue weighted by molar-refractivity contribution is 7.89. The van der Waals surface area contributed by atoms with Gasteiger partial charge in [0.2, 0.25) is 10.0 Å². The van der Waals surface area contributed by atoms with Crippen LogP contribution in [0.15, 0.2) is 65.6 Å². The molecule has 4 heteroatoms. The predicted molar refractivity (Wildman–Crippen MR) is 98.8 cm³/mol. The molecule has 3 nitrogen and oxygen atoms in total. The minimum atomic E-state index is -3.49. The summed E-state index contributed by atoms with van der Waals surface area (Å²) in [5.74, 6) is 0. The van der Waals surface area contributed by atoms with Crippen molar-refractivity contribution >= 4 is 20.8 Å². The Kier molecular flexibility index (Phi) is 4.69. The maximum absolute atomic E-state index is 12.5. The molecule has 1 N–H and O–H groups in total. The number of rotatable bonds is 5. The number of aryl methyl sites for hydroxylation is 2. The fourth-order valence-electron chi connectivity index (χ4n) is 2.86. The molecule has 0 amide bonds. The SMILES string of the molecule is Cc1ccc(CCNS(=O)(=O)c2ccc3ccccc3c2)c(C)c1. The van der Waals surface area contributed by atoms with Gasteiger partial charge in [-0.1, -0.05) is 54.1 Å². The highest BCUT2D eigenvalue weighted by atomic mass is 32.2. The summed E-state index contributed by atoms with van der Waals surface area (Å²) in [7, 11) is -3.49. The van der Waals surface area contributed by atoms with Crippen LogP contribution in [0.4, 0.5) is 0 Å². The van der Waals surface area contributed by atoms with Gasteiger partial charge < -0.3 is 0 Å². The first-order valence-corrected chi connectivity index (χ1v) is 9.49. The van der Waals surface area contributed by atoms with E-state index in [1.54, 1.807) is 12.1 Å². The average molecular weight is 339 g/mol. The van der Waals surface area contributed by atoms with E-state index >= 15 is 0 Å². The fourth-order valence-corrected chi connectivity index (χ4v) is 3.93. The minimum Gasteiger partial charge on any atom is -0.211 e. The van der Waals surface area contributed by atoms with Crippen LogP contribution in [0.3, 0.4) is 0 Å². The van der Waals surface area contributed by atoms with Crippen LogP contribution in [0, 0.1) is 13.8 Å². The van der Waals surface area contributed by atoms with Crippen LogP contribution in [0.1, 0.15) is 16.7 Å². The van der Waals surface area contributed by atoms with E-state index in [9.17, 15) is 8.42 Å². The number of nitrogens with one attached hydrogen (secondary N) is 1. The van der Waals surface area contributed by atoms with Gasteiger partial charge in [-0.3, -0.25) is 0 Å². The Labute approximate surface area is 143 Å². The first-order chi connectivity index (χ1) is 11.5. The van der Waals surface area contributed by atoms with Gasteiger partial charge in [0.15, 0.2) is 0 Å². The smallest absolute Gasteiger partial charge is 0.211 e. The molecule has 0 atom stereocenters. The van der Waals surface area contributed by atoms with Gasteiger partial charge in [0.1, 0.15) is 0 Å². The first-order valence-electron chi connectivity index (χ1n) is 8.00. The second-order valence-corrected chi connectivity index (χ2v) is 7.85. The quantitative estimate of drug-likeness (QED) is 0.764. The molecule has 0 aliphatic rings. The summed E-state index contributed by atoms with van der Waals surface area (Å²) in [6, 6.07) is 19.2. The molecule has 0 spiro atoms. The first kappa shape index (κ1) is 16.7. The van der Waals surface area contributed by atoms with Gasteiger partial charge in [0.05, 0.1) is 4.90 Å². The molecule has 0 bridgehead atoms. The molecular formula is C20H21NO2S. The van der Waals surface area contributed by atoms with E-state index in [0.29, 0.717) is 17.9 Å². The lowest BCUT2D eigenvalue weighted by Crippen LogP contribution is -2.26. The number of hydrogen-bond acceptors (Lipinski definition) is 2. The molecule has 0 saturated carbocycles. The molecule has 0 fully saturated rings. The highest BCUT2D eigenvalue weighted by Gasteiger charge is 2.14. The topological polar surface area (TPSA) is 46.2 Å². The number of sulfonamides is 1. The van der Waals surface area contributed by atoms with Crippen molar-refractivity contribution in [1.29, 1.82) is 0 Å². The third-order valence-corrected chi connectivity index (χ3v) is 5.67. The molecule has 124 valence electrons. The molecule has 3 rings (SSSR count). The minimum absolute atomic E-state index is 0.307. The van der Waals surface area contributed by atoms with Crippen molar-refractivity contribution in [1.82, 2.24) is 4.72 Å². The molecule has 0 unspecified atom stereocenters. The maximum atomic E-state index is 12.5. The van der Waals surface area contributed by atoms with Crippen LogP contribution in [0.5, 0.6) is 0 Å².